The zero-order chi connectivity index (χ0) is 11.5. The summed E-state index contributed by atoms with van der Waals surface area (Å²) in [4.78, 5) is 11.5. The van der Waals surface area contributed by atoms with Gasteiger partial charge < -0.3 is 10.1 Å². The van der Waals surface area contributed by atoms with Gasteiger partial charge in [-0.25, -0.2) is 9.18 Å². The molecule has 0 amide bonds. The second-order valence-electron chi connectivity index (χ2n) is 3.87. The van der Waals surface area contributed by atoms with Crippen LogP contribution in [0.15, 0.2) is 18.2 Å². The van der Waals surface area contributed by atoms with Gasteiger partial charge in [0.25, 0.3) is 0 Å². The minimum absolute atomic E-state index is 0. The molecule has 0 bridgehead atoms. The van der Waals surface area contributed by atoms with E-state index >= 15 is 0 Å². The van der Waals surface area contributed by atoms with Crippen molar-refractivity contribution < 1.29 is 13.9 Å². The van der Waals surface area contributed by atoms with E-state index < -0.39 is 5.97 Å². The molecule has 1 atom stereocenters. The van der Waals surface area contributed by atoms with Crippen molar-refractivity contribution in [2.75, 3.05) is 13.7 Å². The van der Waals surface area contributed by atoms with Crippen molar-refractivity contribution in [3.8, 4) is 0 Å². The Balaban J connectivity index is 0.00000144. The third-order valence-corrected chi connectivity index (χ3v) is 2.85. The third kappa shape index (κ3) is 2.96. The zero-order valence-electron chi connectivity index (χ0n) is 9.53. The standard InChI is InChI=1S/C12H14FNO2.ClH/c1-16-12(15)9-5-4-8(13)7-10(9)11-3-2-6-14-11;/h4-5,7,11,14H,2-3,6H2,1H3;1H. The van der Waals surface area contributed by atoms with Gasteiger partial charge in [0.2, 0.25) is 0 Å². The van der Waals surface area contributed by atoms with Crippen LogP contribution in [0.3, 0.4) is 0 Å². The van der Waals surface area contributed by atoms with Crippen LogP contribution in [-0.2, 0) is 4.74 Å². The summed E-state index contributed by atoms with van der Waals surface area (Å²) in [6.45, 7) is 0.905. The number of halogens is 2. The molecule has 1 heterocycles. The fourth-order valence-corrected chi connectivity index (χ4v) is 2.07. The molecule has 1 saturated heterocycles. The highest BCUT2D eigenvalue weighted by atomic mass is 35.5. The van der Waals surface area contributed by atoms with Crippen LogP contribution in [0.5, 0.6) is 0 Å². The number of hydrogen-bond acceptors (Lipinski definition) is 3. The maximum absolute atomic E-state index is 13.2. The van der Waals surface area contributed by atoms with Gasteiger partial charge in [0.1, 0.15) is 5.82 Å². The molecule has 3 nitrogen and oxygen atoms in total. The monoisotopic (exact) mass is 259 g/mol. The van der Waals surface area contributed by atoms with Crippen molar-refractivity contribution >= 4 is 18.4 Å². The average molecular weight is 260 g/mol. The topological polar surface area (TPSA) is 38.3 Å². The lowest BCUT2D eigenvalue weighted by molar-refractivity contribution is 0.0598. The summed E-state index contributed by atoms with van der Waals surface area (Å²) in [6, 6.07) is 4.24. The summed E-state index contributed by atoms with van der Waals surface area (Å²) in [6.07, 6.45) is 1.97. The van der Waals surface area contributed by atoms with E-state index in [4.69, 9.17) is 0 Å². The van der Waals surface area contributed by atoms with Gasteiger partial charge in [-0.05, 0) is 43.1 Å². The molecule has 94 valence electrons. The fourth-order valence-electron chi connectivity index (χ4n) is 2.07. The molecular formula is C12H15ClFNO2. The second kappa shape index (κ2) is 5.98. The minimum Gasteiger partial charge on any atom is -0.465 e. The maximum atomic E-state index is 13.2. The Morgan fingerprint density at radius 1 is 1.53 bits per heavy atom. The van der Waals surface area contributed by atoms with Gasteiger partial charge in [0.05, 0.1) is 12.7 Å². The van der Waals surface area contributed by atoms with E-state index in [2.05, 4.69) is 10.1 Å². The molecule has 1 fully saturated rings. The molecule has 1 aromatic carbocycles. The van der Waals surface area contributed by atoms with Crippen LogP contribution in [0.2, 0.25) is 0 Å². The van der Waals surface area contributed by atoms with E-state index in [9.17, 15) is 9.18 Å². The van der Waals surface area contributed by atoms with E-state index in [0.717, 1.165) is 19.4 Å². The van der Waals surface area contributed by atoms with Gasteiger partial charge in [-0.1, -0.05) is 0 Å². The Kier molecular flexibility index (Phi) is 4.90. The normalized spacial score (nSPS) is 18.6. The smallest absolute Gasteiger partial charge is 0.338 e. The van der Waals surface area contributed by atoms with Crippen molar-refractivity contribution in [3.63, 3.8) is 0 Å². The van der Waals surface area contributed by atoms with E-state index in [1.165, 1.54) is 25.3 Å². The molecule has 0 radical (unpaired) electrons. The van der Waals surface area contributed by atoms with E-state index in [1.54, 1.807) is 0 Å². The molecule has 17 heavy (non-hydrogen) atoms. The number of esters is 1. The molecule has 1 aliphatic rings. The van der Waals surface area contributed by atoms with Crippen LogP contribution in [0, 0.1) is 5.82 Å². The number of rotatable bonds is 2. The van der Waals surface area contributed by atoms with Crippen molar-refractivity contribution in [1.82, 2.24) is 5.32 Å². The lowest BCUT2D eigenvalue weighted by Crippen LogP contribution is -2.17. The molecule has 1 aliphatic heterocycles. The van der Waals surface area contributed by atoms with Crippen LogP contribution in [0.25, 0.3) is 0 Å². The van der Waals surface area contributed by atoms with Crippen LogP contribution in [0.1, 0.15) is 34.8 Å². The highest BCUT2D eigenvalue weighted by Crippen LogP contribution is 2.27. The zero-order valence-corrected chi connectivity index (χ0v) is 10.3. The minimum atomic E-state index is -0.413. The first-order chi connectivity index (χ1) is 7.72. The predicted molar refractivity (Wildman–Crippen MR) is 65.0 cm³/mol. The highest BCUT2D eigenvalue weighted by molar-refractivity contribution is 5.91. The first-order valence-corrected chi connectivity index (χ1v) is 5.33. The van der Waals surface area contributed by atoms with Gasteiger partial charge in [-0.3, -0.25) is 0 Å². The van der Waals surface area contributed by atoms with Gasteiger partial charge in [0, 0.05) is 6.04 Å². The summed E-state index contributed by atoms with van der Waals surface area (Å²) in [7, 11) is 1.33. The van der Waals surface area contributed by atoms with Gasteiger partial charge in [-0.15, -0.1) is 12.4 Å². The van der Waals surface area contributed by atoms with E-state index in [1.807, 2.05) is 0 Å². The highest BCUT2D eigenvalue weighted by Gasteiger charge is 2.22. The number of ether oxygens (including phenoxy) is 1. The molecule has 5 heteroatoms. The van der Waals surface area contributed by atoms with Crippen LogP contribution in [-0.4, -0.2) is 19.6 Å². The number of carbonyl (C=O) groups excluding carboxylic acids is 1. The van der Waals surface area contributed by atoms with Crippen LogP contribution in [0.4, 0.5) is 4.39 Å². The van der Waals surface area contributed by atoms with Crippen LogP contribution >= 0.6 is 12.4 Å². The Labute approximate surface area is 106 Å². The van der Waals surface area contributed by atoms with Crippen molar-refractivity contribution in [2.45, 2.75) is 18.9 Å². The Bertz CT molecular complexity index is 405. The summed E-state index contributed by atoms with van der Waals surface area (Å²) in [5, 5.41) is 3.25. The molecule has 1 aromatic rings. The van der Waals surface area contributed by atoms with E-state index in [0.29, 0.717) is 11.1 Å². The first kappa shape index (κ1) is 13.9. The van der Waals surface area contributed by atoms with Crippen molar-refractivity contribution in [1.29, 1.82) is 0 Å². The Morgan fingerprint density at radius 2 is 2.29 bits per heavy atom. The first-order valence-electron chi connectivity index (χ1n) is 5.33. The predicted octanol–water partition coefficient (Wildman–Crippen LogP) is 2.46. The average Bonchev–Trinajstić information content (AvgIpc) is 2.81. The second-order valence-corrected chi connectivity index (χ2v) is 3.87. The van der Waals surface area contributed by atoms with Crippen molar-refractivity contribution in [3.05, 3.63) is 35.1 Å². The number of benzene rings is 1. The molecule has 1 N–H and O–H groups in total. The Morgan fingerprint density at radius 3 is 2.88 bits per heavy atom. The van der Waals surface area contributed by atoms with Gasteiger partial charge in [-0.2, -0.15) is 0 Å². The summed E-state index contributed by atoms with van der Waals surface area (Å²) in [5.74, 6) is -0.736. The van der Waals surface area contributed by atoms with Gasteiger partial charge in [0.15, 0.2) is 0 Å². The molecular weight excluding hydrogens is 245 g/mol. The third-order valence-electron chi connectivity index (χ3n) is 2.85. The largest absolute Gasteiger partial charge is 0.465 e. The summed E-state index contributed by atoms with van der Waals surface area (Å²) in [5.41, 5.74) is 1.15. The van der Waals surface area contributed by atoms with Crippen LogP contribution < -0.4 is 5.32 Å². The quantitative estimate of drug-likeness (QED) is 0.829. The number of nitrogens with one attached hydrogen (secondary N) is 1. The van der Waals surface area contributed by atoms with Crippen molar-refractivity contribution in [2.24, 2.45) is 0 Å². The summed E-state index contributed by atoms with van der Waals surface area (Å²) >= 11 is 0. The molecule has 2 rings (SSSR count). The molecule has 1 unspecified atom stereocenters. The fraction of sp³-hybridized carbons (Fsp3) is 0.417. The number of hydrogen-bond donors (Lipinski definition) is 1. The SMILES string of the molecule is COC(=O)c1ccc(F)cc1C1CCCN1.Cl. The molecule has 0 spiro atoms. The maximum Gasteiger partial charge on any atom is 0.338 e. The molecule has 0 aliphatic carbocycles. The number of methoxy groups -OCH3 is 1. The van der Waals surface area contributed by atoms with E-state index in [-0.39, 0.29) is 24.3 Å². The lowest BCUT2D eigenvalue weighted by atomic mass is 9.99. The Hall–Kier alpha value is -1.13. The lowest BCUT2D eigenvalue weighted by Gasteiger charge is -2.14. The molecule has 0 aromatic heterocycles. The summed E-state index contributed by atoms with van der Waals surface area (Å²) < 4.78 is 17.9. The number of carbonyl (C=O) groups is 1. The van der Waals surface area contributed by atoms with Gasteiger partial charge >= 0.3 is 5.97 Å². The molecule has 0 saturated carbocycles.